The quantitative estimate of drug-likeness (QED) is 0.105. The van der Waals surface area contributed by atoms with E-state index in [-0.39, 0.29) is 35.9 Å². The molecule has 67 heavy (non-hydrogen) atoms. The standard InChI is InChI=1S/C49H36Cl2F3N5O8/c1-65-38-19-24(20-39(66-2)41(38)60)7-18-33-30-16-17-31-40(46(63)58(44(31)61)29-14-8-25(9-15-29)43-56-36-5-3-4-6-37(36)67-43)32(30)22-34-45(62)59(47(64)48(33,34)26-10-12-28(50)13-11-26)57-42-35(51)21-27(23-55-42)49(52,53)54/h3-16,18-21,23,31-34,40,60H,17,22H2,1-2H3,(H,55,57)/t31-,32+,33-,34-,40-,48-/m0/s1. The normalized spacial score (nSPS) is 23.7. The van der Waals surface area contributed by atoms with Crippen molar-refractivity contribution >= 4 is 75.5 Å². The van der Waals surface area contributed by atoms with Crippen LogP contribution < -0.4 is 19.8 Å². The van der Waals surface area contributed by atoms with Crippen molar-refractivity contribution < 1.29 is 51.3 Å². The van der Waals surface area contributed by atoms with Gasteiger partial charge in [-0.2, -0.15) is 18.2 Å². The lowest BCUT2D eigenvalue weighted by atomic mass is 9.50. The predicted molar refractivity (Wildman–Crippen MR) is 240 cm³/mol. The van der Waals surface area contributed by atoms with E-state index in [4.69, 9.17) is 37.1 Å². The highest BCUT2D eigenvalue weighted by atomic mass is 35.5. The summed E-state index contributed by atoms with van der Waals surface area (Å²) < 4.78 is 57.6. The number of pyridine rings is 1. The number of rotatable bonds is 9. The van der Waals surface area contributed by atoms with Crippen LogP contribution in [0.2, 0.25) is 10.0 Å². The summed E-state index contributed by atoms with van der Waals surface area (Å²) in [5, 5.41) is 11.3. The Labute approximate surface area is 389 Å². The highest BCUT2D eigenvalue weighted by Gasteiger charge is 2.69. The number of amides is 4. The van der Waals surface area contributed by atoms with E-state index in [1.165, 1.54) is 14.2 Å². The Balaban J connectivity index is 1.08. The van der Waals surface area contributed by atoms with Gasteiger partial charge in [0, 0.05) is 22.7 Å². The second-order valence-electron chi connectivity index (χ2n) is 16.6. The van der Waals surface area contributed by atoms with Crippen LogP contribution in [0, 0.1) is 29.6 Å². The fourth-order valence-electron chi connectivity index (χ4n) is 10.2. The fraction of sp³-hybridized carbons (Fsp3) is 0.224. The minimum absolute atomic E-state index is 0.0821. The first-order valence-corrected chi connectivity index (χ1v) is 21.7. The van der Waals surface area contributed by atoms with Gasteiger partial charge in [-0.05, 0) is 96.6 Å². The number of anilines is 2. The van der Waals surface area contributed by atoms with Gasteiger partial charge < -0.3 is 19.0 Å². The van der Waals surface area contributed by atoms with E-state index in [0.29, 0.717) is 62.2 Å². The van der Waals surface area contributed by atoms with Gasteiger partial charge in [0.2, 0.25) is 23.5 Å². The van der Waals surface area contributed by atoms with E-state index in [1.54, 1.807) is 78.9 Å². The molecule has 6 atom stereocenters. The monoisotopic (exact) mass is 949 g/mol. The lowest BCUT2D eigenvalue weighted by Gasteiger charge is -2.49. The van der Waals surface area contributed by atoms with Crippen LogP contribution in [0.25, 0.3) is 28.6 Å². The average Bonchev–Trinajstić information content (AvgIpc) is 3.93. The van der Waals surface area contributed by atoms with Gasteiger partial charge in [0.15, 0.2) is 22.9 Å². The highest BCUT2D eigenvalue weighted by molar-refractivity contribution is 6.33. The van der Waals surface area contributed by atoms with Gasteiger partial charge in [-0.3, -0.25) is 29.5 Å². The van der Waals surface area contributed by atoms with Crippen molar-refractivity contribution in [2.24, 2.45) is 29.6 Å². The number of hydrogen-bond acceptors (Lipinski definition) is 11. The number of nitrogens with zero attached hydrogens (tertiary/aromatic N) is 4. The number of hydrogen-bond donors (Lipinski definition) is 2. The number of halogens is 5. The zero-order valence-corrected chi connectivity index (χ0v) is 36.8. The number of carbonyl (C=O) groups excluding carboxylic acids is 4. The van der Waals surface area contributed by atoms with Crippen LogP contribution in [0.4, 0.5) is 24.7 Å². The predicted octanol–water partition coefficient (Wildman–Crippen LogP) is 9.67. The smallest absolute Gasteiger partial charge is 0.417 e. The van der Waals surface area contributed by atoms with Crippen molar-refractivity contribution in [2.45, 2.75) is 24.4 Å². The number of phenolic OH excluding ortho intramolecular Hbond substituents is 1. The average molecular weight is 951 g/mol. The number of imide groups is 2. The first-order valence-electron chi connectivity index (χ1n) is 20.9. The van der Waals surface area contributed by atoms with E-state index in [0.717, 1.165) is 9.91 Å². The number of methoxy groups -OCH3 is 2. The maximum absolute atomic E-state index is 15.5. The number of carbonyl (C=O) groups is 4. The van der Waals surface area contributed by atoms with E-state index >= 15 is 9.59 Å². The molecule has 0 bridgehead atoms. The number of allylic oxidation sites excluding steroid dienone is 3. The van der Waals surface area contributed by atoms with Crippen molar-refractivity contribution in [3.05, 3.63) is 142 Å². The molecule has 6 aromatic rings. The number of alkyl halides is 3. The number of nitrogens with one attached hydrogen (secondary N) is 1. The zero-order chi connectivity index (χ0) is 47.1. The summed E-state index contributed by atoms with van der Waals surface area (Å²) in [7, 11) is 2.74. The number of aromatic hydroxyl groups is 1. The summed E-state index contributed by atoms with van der Waals surface area (Å²) in [5.41, 5.74) is 3.40. The van der Waals surface area contributed by atoms with Crippen molar-refractivity contribution in [1.29, 1.82) is 0 Å². The number of fused-ring (bicyclic) bond motifs is 5. The summed E-state index contributed by atoms with van der Waals surface area (Å²) in [4.78, 5) is 69.4. The number of para-hydroxylation sites is 2. The van der Waals surface area contributed by atoms with Crippen LogP contribution >= 0.6 is 23.2 Å². The maximum atomic E-state index is 15.5. The first kappa shape index (κ1) is 43.7. The van der Waals surface area contributed by atoms with Crippen LogP contribution in [0.15, 0.2) is 119 Å². The Morgan fingerprint density at radius 1 is 0.896 bits per heavy atom. The topological polar surface area (TPSA) is 164 Å². The van der Waals surface area contributed by atoms with Gasteiger partial charge in [-0.1, -0.05) is 71.3 Å². The molecule has 4 heterocycles. The molecule has 2 aliphatic carbocycles. The molecule has 0 unspecified atom stereocenters. The minimum atomic E-state index is -4.78. The molecule has 2 aromatic heterocycles. The molecule has 1 saturated carbocycles. The summed E-state index contributed by atoms with van der Waals surface area (Å²) in [6.45, 7) is 0. The third-order valence-corrected chi connectivity index (χ3v) is 13.8. The Kier molecular flexibility index (Phi) is 10.6. The molecule has 4 aromatic carbocycles. The van der Waals surface area contributed by atoms with Crippen molar-refractivity contribution in [3.63, 3.8) is 0 Å². The van der Waals surface area contributed by atoms with Gasteiger partial charge >= 0.3 is 6.18 Å². The Hall–Kier alpha value is -7.17. The summed E-state index contributed by atoms with van der Waals surface area (Å²) in [6, 6.07) is 24.2. The SMILES string of the molecule is COc1cc(C=C[C@H]2C3=CC[C@@H]4C(=O)N(c5ccc(-c6nc7ccccc7o6)cc5)C(=O)[C@@H]4[C@@H]3C[C@H]3C(=O)N(Nc4ncc(C(F)(F)F)cc4Cl)C(=O)[C@@]23c2ccc(Cl)cc2)cc(OC)c1O. The number of hydrazine groups is 1. The lowest BCUT2D eigenvalue weighted by molar-refractivity contribution is -0.139. The molecule has 0 radical (unpaired) electrons. The maximum Gasteiger partial charge on any atom is 0.417 e. The molecular formula is C49H36Cl2F3N5O8. The molecule has 340 valence electrons. The number of oxazole rings is 1. The molecule has 10 rings (SSSR count). The fourth-order valence-corrected chi connectivity index (χ4v) is 10.6. The van der Waals surface area contributed by atoms with Crippen molar-refractivity contribution in [1.82, 2.24) is 15.0 Å². The molecule has 3 fully saturated rings. The van der Waals surface area contributed by atoms with Crippen LogP contribution in [0.3, 0.4) is 0 Å². The second-order valence-corrected chi connectivity index (χ2v) is 17.5. The summed E-state index contributed by atoms with van der Waals surface area (Å²) in [6.07, 6.45) is 1.06. The van der Waals surface area contributed by atoms with Crippen molar-refractivity contribution in [3.8, 4) is 28.7 Å². The molecule has 18 heteroatoms. The molecular weight excluding hydrogens is 914 g/mol. The third kappa shape index (κ3) is 6.99. The van der Waals surface area contributed by atoms with Crippen LogP contribution in [0.1, 0.15) is 29.5 Å². The second kappa shape index (κ2) is 16.3. The molecule has 4 amide bonds. The zero-order valence-electron chi connectivity index (χ0n) is 35.3. The molecule has 0 spiro atoms. The van der Waals surface area contributed by atoms with E-state index in [2.05, 4.69) is 15.4 Å². The van der Waals surface area contributed by atoms with Gasteiger partial charge in [0.1, 0.15) is 5.52 Å². The van der Waals surface area contributed by atoms with Gasteiger partial charge in [-0.15, -0.1) is 0 Å². The number of ether oxygens (including phenoxy) is 2. The van der Waals surface area contributed by atoms with Gasteiger partial charge in [-0.25, -0.2) is 9.97 Å². The Bertz CT molecular complexity index is 3050. The molecule has 4 aliphatic rings. The largest absolute Gasteiger partial charge is 0.502 e. The van der Waals surface area contributed by atoms with Crippen LogP contribution in [-0.2, 0) is 30.8 Å². The molecule has 13 nitrogen and oxygen atoms in total. The Morgan fingerprint density at radius 3 is 2.25 bits per heavy atom. The van der Waals surface area contributed by atoms with E-state index < -0.39 is 75.4 Å². The lowest BCUT2D eigenvalue weighted by Crippen LogP contribution is -2.54. The minimum Gasteiger partial charge on any atom is -0.502 e. The molecule has 2 aliphatic heterocycles. The van der Waals surface area contributed by atoms with Gasteiger partial charge in [0.05, 0.1) is 53.7 Å². The molecule has 2 N–H and O–H groups in total. The third-order valence-electron chi connectivity index (χ3n) is 13.3. The highest BCUT2D eigenvalue weighted by Crippen LogP contribution is 2.62. The summed E-state index contributed by atoms with van der Waals surface area (Å²) >= 11 is 12.7. The van der Waals surface area contributed by atoms with E-state index in [9.17, 15) is 27.9 Å². The number of phenols is 1. The van der Waals surface area contributed by atoms with Crippen LogP contribution in [-0.4, -0.2) is 57.9 Å². The number of aromatic nitrogens is 2. The first-order chi connectivity index (χ1) is 32.1. The summed E-state index contributed by atoms with van der Waals surface area (Å²) in [5.74, 6) is -7.31. The van der Waals surface area contributed by atoms with Crippen molar-refractivity contribution in [2.75, 3.05) is 24.5 Å². The number of benzene rings is 4. The van der Waals surface area contributed by atoms with Gasteiger partial charge in [0.25, 0.3) is 11.8 Å². The van der Waals surface area contributed by atoms with Crippen LogP contribution in [0.5, 0.6) is 17.2 Å². The molecule has 2 saturated heterocycles. The van der Waals surface area contributed by atoms with E-state index in [1.807, 2.05) is 24.3 Å². The Morgan fingerprint density at radius 2 is 1.60 bits per heavy atom.